The Morgan fingerprint density at radius 1 is 1.00 bits per heavy atom. The number of benzene rings is 2. The molecule has 5 heteroatoms. The van der Waals surface area contributed by atoms with Crippen LogP contribution in [0.3, 0.4) is 0 Å². The first-order valence-electron chi connectivity index (χ1n) is 10.1. The lowest BCUT2D eigenvalue weighted by molar-refractivity contribution is -0.111. The largest absolute Gasteiger partial charge is 0.493 e. The van der Waals surface area contributed by atoms with Gasteiger partial charge in [0.25, 0.3) is 0 Å². The van der Waals surface area contributed by atoms with Crippen LogP contribution in [0.4, 0.5) is 5.69 Å². The van der Waals surface area contributed by atoms with E-state index >= 15 is 0 Å². The number of anilines is 1. The molecule has 1 N–H and O–H groups in total. The minimum atomic E-state index is -0.176. The van der Waals surface area contributed by atoms with Gasteiger partial charge in [-0.1, -0.05) is 37.1 Å². The van der Waals surface area contributed by atoms with Crippen molar-refractivity contribution in [2.75, 3.05) is 39.7 Å². The minimum absolute atomic E-state index is 0.176. The summed E-state index contributed by atoms with van der Waals surface area (Å²) >= 11 is 0. The summed E-state index contributed by atoms with van der Waals surface area (Å²) in [6, 6.07) is 15.1. The summed E-state index contributed by atoms with van der Waals surface area (Å²) in [4.78, 5) is 14.2. The molecule has 0 unspecified atom stereocenters. The molecule has 2 aromatic carbocycles. The highest BCUT2D eigenvalue weighted by molar-refractivity contribution is 6.01. The molecule has 0 aliphatic carbocycles. The SMILES string of the molecule is COc1cc(/C=C/C(=O)Nc2ccccc2)ccc1OCCCCCCN(C)C. The van der Waals surface area contributed by atoms with E-state index in [0.717, 1.165) is 36.4 Å². The Kier molecular flexibility index (Phi) is 9.80. The number of ether oxygens (including phenoxy) is 2. The van der Waals surface area contributed by atoms with Crippen LogP contribution in [0.25, 0.3) is 6.08 Å². The van der Waals surface area contributed by atoms with Gasteiger partial charge in [0.2, 0.25) is 5.91 Å². The van der Waals surface area contributed by atoms with Gasteiger partial charge in [-0.05, 0) is 69.4 Å². The molecule has 0 heterocycles. The van der Waals surface area contributed by atoms with Crippen molar-refractivity contribution in [3.8, 4) is 11.5 Å². The lowest BCUT2D eigenvalue weighted by atomic mass is 10.1. The standard InChI is InChI=1S/C24H32N2O3/c1-26(2)17-9-4-5-10-18-29-22-15-13-20(19-23(22)28-3)14-16-24(27)25-21-11-7-6-8-12-21/h6-8,11-16,19H,4-5,9-10,17-18H2,1-3H3,(H,25,27)/b16-14+. The molecular formula is C24H32N2O3. The number of carbonyl (C=O) groups is 1. The third kappa shape index (κ3) is 8.83. The molecule has 1 amide bonds. The summed E-state index contributed by atoms with van der Waals surface area (Å²) in [7, 11) is 5.83. The molecule has 0 spiro atoms. The number of hydrogen-bond acceptors (Lipinski definition) is 4. The molecular weight excluding hydrogens is 364 g/mol. The molecule has 0 bridgehead atoms. The highest BCUT2D eigenvalue weighted by atomic mass is 16.5. The molecule has 0 aromatic heterocycles. The molecule has 0 saturated carbocycles. The maximum Gasteiger partial charge on any atom is 0.248 e. The van der Waals surface area contributed by atoms with E-state index in [2.05, 4.69) is 24.3 Å². The first-order valence-corrected chi connectivity index (χ1v) is 10.1. The summed E-state index contributed by atoms with van der Waals surface area (Å²) in [5.74, 6) is 1.22. The summed E-state index contributed by atoms with van der Waals surface area (Å²) in [5, 5.41) is 2.82. The first-order chi connectivity index (χ1) is 14.1. The van der Waals surface area contributed by atoms with Gasteiger partial charge in [-0.15, -0.1) is 0 Å². The van der Waals surface area contributed by atoms with Crippen LogP contribution in [0.1, 0.15) is 31.2 Å². The second kappa shape index (κ2) is 12.6. The number of amides is 1. The normalized spacial score (nSPS) is 11.0. The fraction of sp³-hybridized carbons (Fsp3) is 0.375. The summed E-state index contributed by atoms with van der Waals surface area (Å²) < 4.78 is 11.3. The van der Waals surface area contributed by atoms with Gasteiger partial charge >= 0.3 is 0 Å². The van der Waals surface area contributed by atoms with Gasteiger partial charge in [-0.3, -0.25) is 4.79 Å². The topological polar surface area (TPSA) is 50.8 Å². The number of nitrogens with one attached hydrogen (secondary N) is 1. The molecule has 2 aromatic rings. The van der Waals surface area contributed by atoms with Gasteiger partial charge in [-0.2, -0.15) is 0 Å². The van der Waals surface area contributed by atoms with Crippen LogP contribution >= 0.6 is 0 Å². The molecule has 0 fully saturated rings. The Hall–Kier alpha value is -2.79. The zero-order valence-corrected chi connectivity index (χ0v) is 17.7. The highest BCUT2D eigenvalue weighted by Gasteiger charge is 2.05. The molecule has 2 rings (SSSR count). The summed E-state index contributed by atoms with van der Waals surface area (Å²) in [5.41, 5.74) is 1.64. The van der Waals surface area contributed by atoms with Crippen molar-refractivity contribution >= 4 is 17.7 Å². The van der Waals surface area contributed by atoms with Crippen molar-refractivity contribution in [2.45, 2.75) is 25.7 Å². The van der Waals surface area contributed by atoms with E-state index in [9.17, 15) is 4.79 Å². The van der Waals surface area contributed by atoms with Gasteiger partial charge in [0.1, 0.15) is 0 Å². The molecule has 0 atom stereocenters. The van der Waals surface area contributed by atoms with E-state index in [1.54, 1.807) is 13.2 Å². The van der Waals surface area contributed by atoms with Crippen molar-refractivity contribution in [1.82, 2.24) is 4.90 Å². The second-order valence-electron chi connectivity index (χ2n) is 7.16. The number of carbonyl (C=O) groups excluding carboxylic acids is 1. The Morgan fingerprint density at radius 3 is 2.48 bits per heavy atom. The van der Waals surface area contributed by atoms with Gasteiger partial charge in [-0.25, -0.2) is 0 Å². The predicted molar refractivity (Wildman–Crippen MR) is 120 cm³/mol. The lowest BCUT2D eigenvalue weighted by Crippen LogP contribution is -2.12. The Morgan fingerprint density at radius 2 is 1.76 bits per heavy atom. The number of para-hydroxylation sites is 1. The molecule has 0 radical (unpaired) electrons. The monoisotopic (exact) mass is 396 g/mol. The van der Waals surface area contributed by atoms with Crippen molar-refractivity contribution in [2.24, 2.45) is 0 Å². The van der Waals surface area contributed by atoms with Gasteiger partial charge in [0.05, 0.1) is 13.7 Å². The van der Waals surface area contributed by atoms with E-state index in [-0.39, 0.29) is 5.91 Å². The van der Waals surface area contributed by atoms with Crippen molar-refractivity contribution in [3.05, 3.63) is 60.2 Å². The van der Waals surface area contributed by atoms with E-state index < -0.39 is 0 Å². The average Bonchev–Trinajstić information content (AvgIpc) is 2.72. The number of nitrogens with zero attached hydrogens (tertiary/aromatic N) is 1. The smallest absolute Gasteiger partial charge is 0.248 e. The zero-order chi connectivity index (χ0) is 20.9. The zero-order valence-electron chi connectivity index (χ0n) is 17.7. The van der Waals surface area contributed by atoms with Gasteiger partial charge in [0, 0.05) is 11.8 Å². The van der Waals surface area contributed by atoms with Crippen molar-refractivity contribution < 1.29 is 14.3 Å². The van der Waals surface area contributed by atoms with E-state index in [4.69, 9.17) is 9.47 Å². The Bertz CT molecular complexity index is 773. The quantitative estimate of drug-likeness (QED) is 0.412. The fourth-order valence-corrected chi connectivity index (χ4v) is 2.85. The van der Waals surface area contributed by atoms with Crippen LogP contribution in [0.5, 0.6) is 11.5 Å². The molecule has 29 heavy (non-hydrogen) atoms. The van der Waals surface area contributed by atoms with Crippen LogP contribution in [0.15, 0.2) is 54.6 Å². The molecule has 0 aliphatic heterocycles. The number of rotatable bonds is 12. The van der Waals surface area contributed by atoms with Crippen LogP contribution < -0.4 is 14.8 Å². The fourth-order valence-electron chi connectivity index (χ4n) is 2.85. The maximum atomic E-state index is 12.0. The average molecular weight is 397 g/mol. The third-order valence-electron chi connectivity index (χ3n) is 4.41. The molecule has 0 aliphatic rings. The Balaban J connectivity index is 1.80. The summed E-state index contributed by atoms with van der Waals surface area (Å²) in [6.45, 7) is 1.81. The predicted octanol–water partition coefficient (Wildman–Crippen LogP) is 4.85. The Labute approximate surface area is 174 Å². The minimum Gasteiger partial charge on any atom is -0.493 e. The first kappa shape index (κ1) is 22.5. The number of methoxy groups -OCH3 is 1. The number of hydrogen-bond donors (Lipinski definition) is 1. The number of unbranched alkanes of at least 4 members (excludes halogenated alkanes) is 3. The van der Waals surface area contributed by atoms with Gasteiger partial charge in [0.15, 0.2) is 11.5 Å². The lowest BCUT2D eigenvalue weighted by Gasteiger charge is -2.12. The van der Waals surface area contributed by atoms with Crippen molar-refractivity contribution in [1.29, 1.82) is 0 Å². The molecule has 156 valence electrons. The molecule has 5 nitrogen and oxygen atoms in total. The third-order valence-corrected chi connectivity index (χ3v) is 4.41. The van der Waals surface area contributed by atoms with Crippen LogP contribution in [-0.4, -0.2) is 45.2 Å². The second-order valence-corrected chi connectivity index (χ2v) is 7.16. The maximum absolute atomic E-state index is 12.0. The van der Waals surface area contributed by atoms with Crippen LogP contribution in [0, 0.1) is 0 Å². The van der Waals surface area contributed by atoms with E-state index in [1.807, 2.05) is 48.5 Å². The van der Waals surface area contributed by atoms with Crippen molar-refractivity contribution in [3.63, 3.8) is 0 Å². The summed E-state index contributed by atoms with van der Waals surface area (Å²) in [6.07, 6.45) is 7.89. The van der Waals surface area contributed by atoms with Gasteiger partial charge < -0.3 is 19.7 Å². The van der Waals surface area contributed by atoms with E-state index in [0.29, 0.717) is 12.4 Å². The van der Waals surface area contributed by atoms with Crippen LogP contribution in [-0.2, 0) is 4.79 Å². The van der Waals surface area contributed by atoms with E-state index in [1.165, 1.54) is 18.9 Å². The van der Waals surface area contributed by atoms with Crippen LogP contribution in [0.2, 0.25) is 0 Å². The highest BCUT2D eigenvalue weighted by Crippen LogP contribution is 2.28. The molecule has 0 saturated heterocycles.